The van der Waals surface area contributed by atoms with E-state index in [1.54, 1.807) is 6.33 Å². The summed E-state index contributed by atoms with van der Waals surface area (Å²) in [5, 5.41) is 8.00. The number of rotatable bonds is 2. The molecule has 90 valence electrons. The Morgan fingerprint density at radius 2 is 2.29 bits per heavy atom. The predicted octanol–water partition coefficient (Wildman–Crippen LogP) is 1.37. The number of nitrogens with one attached hydrogen (secondary N) is 3. The van der Waals surface area contributed by atoms with Crippen LogP contribution in [-0.4, -0.2) is 34.1 Å². The van der Waals surface area contributed by atoms with E-state index in [0.717, 1.165) is 29.9 Å². The first kappa shape index (κ1) is 10.5. The predicted molar refractivity (Wildman–Crippen MR) is 68.0 cm³/mol. The highest BCUT2D eigenvalue weighted by Crippen LogP contribution is 2.20. The molecule has 5 heteroatoms. The first-order valence-electron chi connectivity index (χ1n) is 6.08. The molecule has 0 aliphatic carbocycles. The van der Waals surface area contributed by atoms with E-state index < -0.39 is 0 Å². The van der Waals surface area contributed by atoms with E-state index in [2.05, 4.69) is 32.5 Å². The van der Waals surface area contributed by atoms with Gasteiger partial charge in [-0.2, -0.15) is 0 Å². The van der Waals surface area contributed by atoms with Crippen molar-refractivity contribution in [2.75, 3.05) is 18.4 Å². The molecular formula is C12H17N5. The quantitative estimate of drug-likeness (QED) is 0.730. The van der Waals surface area contributed by atoms with Gasteiger partial charge in [0.15, 0.2) is 0 Å². The van der Waals surface area contributed by atoms with Crippen molar-refractivity contribution in [2.24, 2.45) is 5.92 Å². The van der Waals surface area contributed by atoms with Crippen molar-refractivity contribution >= 4 is 16.9 Å². The second-order valence-electron chi connectivity index (χ2n) is 4.80. The SMILES string of the molecule is C[C@@H]1CNC[C@H](Nc2ncnc3[nH]ccc23)C1. The van der Waals surface area contributed by atoms with Crippen LogP contribution >= 0.6 is 0 Å². The Labute approximate surface area is 100 Å². The van der Waals surface area contributed by atoms with Crippen LogP contribution in [0.25, 0.3) is 11.0 Å². The fourth-order valence-electron chi connectivity index (χ4n) is 2.45. The average molecular weight is 231 g/mol. The zero-order valence-electron chi connectivity index (χ0n) is 9.90. The smallest absolute Gasteiger partial charge is 0.142 e. The summed E-state index contributed by atoms with van der Waals surface area (Å²) in [6.45, 7) is 4.38. The van der Waals surface area contributed by atoms with Crippen molar-refractivity contribution in [1.29, 1.82) is 0 Å². The van der Waals surface area contributed by atoms with Crippen LogP contribution in [0.15, 0.2) is 18.6 Å². The topological polar surface area (TPSA) is 65.6 Å². The molecule has 3 heterocycles. The number of hydrogen-bond donors (Lipinski definition) is 3. The zero-order valence-corrected chi connectivity index (χ0v) is 9.90. The third-order valence-corrected chi connectivity index (χ3v) is 3.27. The van der Waals surface area contributed by atoms with Gasteiger partial charge in [-0.05, 0) is 24.9 Å². The molecule has 5 nitrogen and oxygen atoms in total. The number of hydrogen-bond acceptors (Lipinski definition) is 4. The van der Waals surface area contributed by atoms with E-state index in [9.17, 15) is 0 Å². The van der Waals surface area contributed by atoms with Crippen molar-refractivity contribution in [3.8, 4) is 0 Å². The lowest BCUT2D eigenvalue weighted by atomic mass is 9.98. The van der Waals surface area contributed by atoms with Crippen LogP contribution in [0.4, 0.5) is 5.82 Å². The van der Waals surface area contributed by atoms with Gasteiger partial charge in [0.2, 0.25) is 0 Å². The van der Waals surface area contributed by atoms with Crippen molar-refractivity contribution < 1.29 is 0 Å². The molecule has 0 amide bonds. The molecular weight excluding hydrogens is 214 g/mol. The molecule has 0 bridgehead atoms. The minimum Gasteiger partial charge on any atom is -0.365 e. The third-order valence-electron chi connectivity index (χ3n) is 3.27. The minimum atomic E-state index is 0.451. The Hall–Kier alpha value is -1.62. The Bertz CT molecular complexity index is 506. The van der Waals surface area contributed by atoms with E-state index in [1.807, 2.05) is 12.3 Å². The number of H-pyrrole nitrogens is 1. The number of piperidine rings is 1. The van der Waals surface area contributed by atoms with E-state index >= 15 is 0 Å². The van der Waals surface area contributed by atoms with Gasteiger partial charge < -0.3 is 15.6 Å². The van der Waals surface area contributed by atoms with Crippen LogP contribution in [0.5, 0.6) is 0 Å². The van der Waals surface area contributed by atoms with Gasteiger partial charge in [0.05, 0.1) is 5.39 Å². The summed E-state index contributed by atoms with van der Waals surface area (Å²) in [6.07, 6.45) is 4.68. The highest BCUT2D eigenvalue weighted by Gasteiger charge is 2.19. The summed E-state index contributed by atoms with van der Waals surface area (Å²) < 4.78 is 0. The fourth-order valence-corrected chi connectivity index (χ4v) is 2.45. The summed E-state index contributed by atoms with van der Waals surface area (Å²) in [4.78, 5) is 11.6. The van der Waals surface area contributed by atoms with E-state index in [1.165, 1.54) is 6.42 Å². The monoisotopic (exact) mass is 231 g/mol. The molecule has 0 radical (unpaired) electrons. The molecule has 2 aromatic rings. The van der Waals surface area contributed by atoms with Crippen molar-refractivity contribution in [1.82, 2.24) is 20.3 Å². The maximum Gasteiger partial charge on any atom is 0.142 e. The van der Waals surface area contributed by atoms with Crippen molar-refractivity contribution in [3.05, 3.63) is 18.6 Å². The number of aromatic nitrogens is 3. The summed E-state index contributed by atoms with van der Waals surface area (Å²) >= 11 is 0. The maximum atomic E-state index is 4.33. The summed E-state index contributed by atoms with van der Waals surface area (Å²) in [5.74, 6) is 1.64. The normalized spacial score (nSPS) is 25.0. The van der Waals surface area contributed by atoms with Crippen LogP contribution in [0, 0.1) is 5.92 Å². The summed E-state index contributed by atoms with van der Waals surface area (Å²) in [5.41, 5.74) is 0.888. The molecule has 0 saturated carbocycles. The Kier molecular flexibility index (Phi) is 2.68. The molecule has 2 atom stereocenters. The molecule has 0 unspecified atom stereocenters. The maximum absolute atomic E-state index is 4.33. The highest BCUT2D eigenvalue weighted by atomic mass is 15.1. The van der Waals surface area contributed by atoms with Crippen LogP contribution in [0.1, 0.15) is 13.3 Å². The first-order valence-corrected chi connectivity index (χ1v) is 6.08. The molecule has 17 heavy (non-hydrogen) atoms. The molecule has 0 aromatic carbocycles. The highest BCUT2D eigenvalue weighted by molar-refractivity contribution is 5.86. The number of fused-ring (bicyclic) bond motifs is 1. The van der Waals surface area contributed by atoms with Gasteiger partial charge in [-0.3, -0.25) is 0 Å². The van der Waals surface area contributed by atoms with Crippen LogP contribution < -0.4 is 10.6 Å². The van der Waals surface area contributed by atoms with Crippen LogP contribution in [-0.2, 0) is 0 Å². The molecule has 3 N–H and O–H groups in total. The van der Waals surface area contributed by atoms with Crippen LogP contribution in [0.3, 0.4) is 0 Å². The van der Waals surface area contributed by atoms with E-state index in [4.69, 9.17) is 0 Å². The van der Waals surface area contributed by atoms with Gasteiger partial charge in [0.25, 0.3) is 0 Å². The van der Waals surface area contributed by atoms with Gasteiger partial charge in [-0.1, -0.05) is 6.92 Å². The van der Waals surface area contributed by atoms with Crippen molar-refractivity contribution in [3.63, 3.8) is 0 Å². The van der Waals surface area contributed by atoms with Gasteiger partial charge in [-0.15, -0.1) is 0 Å². The second kappa shape index (κ2) is 4.33. The fraction of sp³-hybridized carbons (Fsp3) is 0.500. The van der Waals surface area contributed by atoms with Gasteiger partial charge in [0.1, 0.15) is 17.8 Å². The lowest BCUT2D eigenvalue weighted by Crippen LogP contribution is -2.42. The number of anilines is 1. The molecule has 1 aliphatic rings. The first-order chi connectivity index (χ1) is 8.33. The number of nitrogens with zero attached hydrogens (tertiary/aromatic N) is 2. The lowest BCUT2D eigenvalue weighted by Gasteiger charge is -2.28. The minimum absolute atomic E-state index is 0.451. The third kappa shape index (κ3) is 2.10. The average Bonchev–Trinajstić information content (AvgIpc) is 2.78. The second-order valence-corrected chi connectivity index (χ2v) is 4.80. The zero-order chi connectivity index (χ0) is 11.7. The Morgan fingerprint density at radius 1 is 1.35 bits per heavy atom. The molecule has 1 saturated heterocycles. The Balaban J connectivity index is 1.82. The summed E-state index contributed by atoms with van der Waals surface area (Å²) in [6, 6.07) is 2.46. The van der Waals surface area contributed by atoms with Gasteiger partial charge in [0, 0.05) is 18.8 Å². The molecule has 3 rings (SSSR count). The van der Waals surface area contributed by atoms with Gasteiger partial charge in [-0.25, -0.2) is 9.97 Å². The van der Waals surface area contributed by atoms with E-state index in [-0.39, 0.29) is 0 Å². The largest absolute Gasteiger partial charge is 0.365 e. The van der Waals surface area contributed by atoms with Crippen LogP contribution in [0.2, 0.25) is 0 Å². The Morgan fingerprint density at radius 3 is 3.18 bits per heavy atom. The standard InChI is InChI=1S/C12H17N5/c1-8-4-9(6-13-5-8)17-12-10-2-3-14-11(10)15-7-16-12/h2-3,7-9,13H,4-6H2,1H3,(H2,14,15,16,17)/t8-,9+/m0/s1. The summed E-state index contributed by atoms with van der Waals surface area (Å²) in [7, 11) is 0. The van der Waals surface area contributed by atoms with E-state index in [0.29, 0.717) is 12.0 Å². The van der Waals surface area contributed by atoms with Crippen molar-refractivity contribution in [2.45, 2.75) is 19.4 Å². The number of aromatic amines is 1. The molecule has 2 aromatic heterocycles. The lowest BCUT2D eigenvalue weighted by molar-refractivity contribution is 0.378. The molecule has 1 fully saturated rings. The molecule has 0 spiro atoms. The van der Waals surface area contributed by atoms with Gasteiger partial charge >= 0.3 is 0 Å². The molecule has 1 aliphatic heterocycles.